The van der Waals surface area contributed by atoms with Crippen molar-refractivity contribution in [1.29, 1.82) is 0 Å². The predicted molar refractivity (Wildman–Crippen MR) is 136 cm³/mol. The number of ether oxygens (including phenoxy) is 4. The number of benzene rings is 3. The zero-order valence-corrected chi connectivity index (χ0v) is 20.7. The quantitative estimate of drug-likeness (QED) is 0.353. The zero-order valence-electron chi connectivity index (χ0n) is 20.7. The molecule has 9 heteroatoms. The van der Waals surface area contributed by atoms with Crippen LogP contribution >= 0.6 is 0 Å². The summed E-state index contributed by atoms with van der Waals surface area (Å²) in [4.78, 5) is 28.7. The summed E-state index contributed by atoms with van der Waals surface area (Å²) in [6, 6.07) is 16.8. The largest absolute Gasteiger partial charge is 0.497 e. The molecule has 1 aromatic heterocycles. The number of carbonyl (C=O) groups is 1. The Balaban J connectivity index is 1.70. The van der Waals surface area contributed by atoms with E-state index >= 15 is 0 Å². The Morgan fingerprint density at radius 1 is 0.889 bits per heavy atom. The number of hydrogen-bond acceptors (Lipinski definition) is 6. The third-order valence-electron chi connectivity index (χ3n) is 5.90. The van der Waals surface area contributed by atoms with Crippen molar-refractivity contribution < 1.29 is 23.7 Å². The van der Waals surface area contributed by atoms with Crippen LogP contribution in [0, 0.1) is 0 Å². The topological polar surface area (TPSA) is 104 Å². The first-order valence-corrected chi connectivity index (χ1v) is 11.4. The molecule has 0 radical (unpaired) electrons. The highest BCUT2D eigenvalue weighted by Crippen LogP contribution is 2.38. The van der Waals surface area contributed by atoms with E-state index in [2.05, 4.69) is 10.3 Å². The van der Waals surface area contributed by atoms with Crippen LogP contribution in [0.5, 0.6) is 23.0 Å². The standard InChI is InChI=1S/C27H29N3O6/c1-33-20-12-19(13-24(31)28-15-17-8-6-5-7-9-17)25-21(14-20)29-27(32)30(25)16-18-10-22(34-2)26(36-4)23(11-18)35-3/h5-12,14H,13,15-16H2,1-4H3,(H,28,31)(H,29,32). The summed E-state index contributed by atoms with van der Waals surface area (Å²) < 4.78 is 23.3. The lowest BCUT2D eigenvalue weighted by Crippen LogP contribution is -2.25. The van der Waals surface area contributed by atoms with Gasteiger partial charge in [0.1, 0.15) is 5.75 Å². The first-order valence-electron chi connectivity index (χ1n) is 11.4. The first kappa shape index (κ1) is 24.7. The predicted octanol–water partition coefficient (Wildman–Crippen LogP) is 3.27. The van der Waals surface area contributed by atoms with Crippen molar-refractivity contribution in [2.75, 3.05) is 28.4 Å². The summed E-state index contributed by atoms with van der Waals surface area (Å²) >= 11 is 0. The molecule has 4 rings (SSSR count). The van der Waals surface area contributed by atoms with Gasteiger partial charge >= 0.3 is 5.69 Å². The van der Waals surface area contributed by atoms with Gasteiger partial charge in [0.25, 0.3) is 0 Å². The highest BCUT2D eigenvalue weighted by atomic mass is 16.5. The zero-order chi connectivity index (χ0) is 25.7. The summed E-state index contributed by atoms with van der Waals surface area (Å²) in [5, 5.41) is 2.94. The maximum atomic E-state index is 13.0. The molecule has 0 atom stereocenters. The average Bonchev–Trinajstić information content (AvgIpc) is 3.21. The van der Waals surface area contributed by atoms with Crippen LogP contribution < -0.4 is 30.0 Å². The van der Waals surface area contributed by atoms with E-state index in [4.69, 9.17) is 18.9 Å². The molecule has 4 aromatic rings. The molecule has 0 saturated heterocycles. The third kappa shape index (κ3) is 5.14. The fraction of sp³-hybridized carbons (Fsp3) is 0.259. The fourth-order valence-corrected chi connectivity index (χ4v) is 4.21. The Hall–Kier alpha value is -4.40. The minimum Gasteiger partial charge on any atom is -0.497 e. The molecule has 0 saturated carbocycles. The van der Waals surface area contributed by atoms with Crippen LogP contribution in [0.2, 0.25) is 0 Å². The molecule has 0 fully saturated rings. The van der Waals surface area contributed by atoms with Crippen molar-refractivity contribution in [2.24, 2.45) is 0 Å². The van der Waals surface area contributed by atoms with Gasteiger partial charge < -0.3 is 29.2 Å². The Bertz CT molecular complexity index is 1400. The second-order valence-corrected chi connectivity index (χ2v) is 8.17. The lowest BCUT2D eigenvalue weighted by molar-refractivity contribution is -0.120. The smallest absolute Gasteiger partial charge is 0.326 e. The molecule has 3 aromatic carbocycles. The maximum Gasteiger partial charge on any atom is 0.326 e. The van der Waals surface area contributed by atoms with Gasteiger partial charge in [-0.15, -0.1) is 0 Å². The van der Waals surface area contributed by atoms with E-state index in [-0.39, 0.29) is 24.6 Å². The van der Waals surface area contributed by atoms with Crippen LogP contribution in [-0.4, -0.2) is 43.9 Å². The number of hydrogen-bond donors (Lipinski definition) is 2. The highest BCUT2D eigenvalue weighted by Gasteiger charge is 2.18. The second kappa shape index (κ2) is 10.9. The minimum atomic E-state index is -0.307. The molecular weight excluding hydrogens is 462 g/mol. The number of nitrogens with one attached hydrogen (secondary N) is 2. The summed E-state index contributed by atoms with van der Waals surface area (Å²) in [6.07, 6.45) is 0.0765. The number of amides is 1. The van der Waals surface area contributed by atoms with Gasteiger partial charge in [0.15, 0.2) is 11.5 Å². The molecule has 0 aliphatic rings. The average molecular weight is 492 g/mol. The number of nitrogens with zero attached hydrogens (tertiary/aromatic N) is 1. The van der Waals surface area contributed by atoms with E-state index in [1.165, 1.54) is 21.3 Å². The van der Waals surface area contributed by atoms with Crippen LogP contribution in [0.4, 0.5) is 0 Å². The van der Waals surface area contributed by atoms with E-state index in [0.29, 0.717) is 46.1 Å². The molecule has 9 nitrogen and oxygen atoms in total. The van der Waals surface area contributed by atoms with Crippen molar-refractivity contribution in [3.63, 3.8) is 0 Å². The molecule has 0 bridgehead atoms. The van der Waals surface area contributed by atoms with Crippen LogP contribution in [0.15, 0.2) is 59.4 Å². The molecule has 0 aliphatic carbocycles. The highest BCUT2D eigenvalue weighted by molar-refractivity contribution is 5.87. The lowest BCUT2D eigenvalue weighted by Gasteiger charge is -2.15. The van der Waals surface area contributed by atoms with Gasteiger partial charge in [0.2, 0.25) is 11.7 Å². The van der Waals surface area contributed by atoms with E-state index in [1.807, 2.05) is 30.3 Å². The Morgan fingerprint density at radius 2 is 1.58 bits per heavy atom. The van der Waals surface area contributed by atoms with Gasteiger partial charge in [0.05, 0.1) is 52.4 Å². The number of aromatic amines is 1. The van der Waals surface area contributed by atoms with Crippen LogP contribution in [0.3, 0.4) is 0 Å². The van der Waals surface area contributed by atoms with Crippen LogP contribution in [0.25, 0.3) is 11.0 Å². The van der Waals surface area contributed by atoms with Gasteiger partial charge in [-0.2, -0.15) is 0 Å². The summed E-state index contributed by atoms with van der Waals surface area (Å²) in [5.74, 6) is 1.83. The summed E-state index contributed by atoms with van der Waals surface area (Å²) in [6.45, 7) is 0.638. The van der Waals surface area contributed by atoms with E-state index in [0.717, 1.165) is 11.1 Å². The monoisotopic (exact) mass is 491 g/mol. The van der Waals surface area contributed by atoms with Gasteiger partial charge in [-0.3, -0.25) is 9.36 Å². The van der Waals surface area contributed by atoms with Gasteiger partial charge in [-0.25, -0.2) is 4.79 Å². The van der Waals surface area contributed by atoms with Gasteiger partial charge in [-0.1, -0.05) is 30.3 Å². The molecule has 0 spiro atoms. The molecule has 2 N–H and O–H groups in total. The number of fused-ring (bicyclic) bond motifs is 1. The fourth-order valence-electron chi connectivity index (χ4n) is 4.21. The number of H-pyrrole nitrogens is 1. The molecule has 1 heterocycles. The molecule has 0 aliphatic heterocycles. The van der Waals surface area contributed by atoms with Gasteiger partial charge in [0, 0.05) is 12.6 Å². The van der Waals surface area contributed by atoms with Crippen molar-refractivity contribution in [2.45, 2.75) is 19.5 Å². The molecule has 188 valence electrons. The molecule has 36 heavy (non-hydrogen) atoms. The Kier molecular flexibility index (Phi) is 7.48. The second-order valence-electron chi connectivity index (χ2n) is 8.17. The minimum absolute atomic E-state index is 0.0765. The van der Waals surface area contributed by atoms with Gasteiger partial charge in [-0.05, 0) is 34.9 Å². The number of methoxy groups -OCH3 is 4. The van der Waals surface area contributed by atoms with E-state index in [9.17, 15) is 9.59 Å². The van der Waals surface area contributed by atoms with E-state index in [1.54, 1.807) is 35.9 Å². The van der Waals surface area contributed by atoms with Crippen LogP contribution in [0.1, 0.15) is 16.7 Å². The summed E-state index contributed by atoms with van der Waals surface area (Å²) in [5.41, 5.74) is 3.34. The van der Waals surface area contributed by atoms with Crippen molar-refractivity contribution in [1.82, 2.24) is 14.9 Å². The molecule has 1 amide bonds. The molecular formula is C27H29N3O6. The van der Waals surface area contributed by atoms with Crippen molar-refractivity contribution in [3.05, 3.63) is 81.8 Å². The normalized spacial score (nSPS) is 10.8. The van der Waals surface area contributed by atoms with Crippen LogP contribution in [-0.2, 0) is 24.3 Å². The van der Waals surface area contributed by atoms with E-state index < -0.39 is 0 Å². The Labute approximate surface area is 208 Å². The lowest BCUT2D eigenvalue weighted by atomic mass is 10.1. The Morgan fingerprint density at radius 3 is 2.19 bits per heavy atom. The first-order chi connectivity index (χ1) is 17.5. The SMILES string of the molecule is COc1cc(CC(=O)NCc2ccccc2)c2c(c1)[nH]c(=O)n2Cc1cc(OC)c(OC)c(OC)c1. The van der Waals surface area contributed by atoms with Crippen molar-refractivity contribution >= 4 is 16.9 Å². The maximum absolute atomic E-state index is 13.0. The number of imidazole rings is 1. The number of carbonyl (C=O) groups excluding carboxylic acids is 1. The molecule has 0 unspecified atom stereocenters. The number of rotatable bonds is 10. The summed E-state index contributed by atoms with van der Waals surface area (Å²) in [7, 11) is 6.16. The number of aromatic nitrogens is 2. The third-order valence-corrected chi connectivity index (χ3v) is 5.90. The van der Waals surface area contributed by atoms with Crippen molar-refractivity contribution in [3.8, 4) is 23.0 Å².